The minimum atomic E-state index is -0.344. The first-order valence-corrected chi connectivity index (χ1v) is 10.0. The molecule has 0 radical (unpaired) electrons. The molecule has 146 valence electrons. The van der Waals surface area contributed by atoms with Crippen LogP contribution in [0, 0.1) is 6.92 Å². The number of hydrogen-bond donors (Lipinski definition) is 1. The maximum absolute atomic E-state index is 11.9. The normalized spacial score (nSPS) is 19.0. The third-order valence-electron chi connectivity index (χ3n) is 6.08. The minimum Gasteiger partial charge on any atom is -0.490 e. The lowest BCUT2D eigenvalue weighted by Crippen LogP contribution is -2.46. The monoisotopic (exact) mass is 380 g/mol. The smallest absolute Gasteiger partial charge is 0.294 e. The number of nitrogens with zero attached hydrogens (tertiary/aromatic N) is 3. The van der Waals surface area contributed by atoms with Gasteiger partial charge in [0.05, 0.1) is 5.39 Å². The van der Waals surface area contributed by atoms with Crippen LogP contribution in [0.3, 0.4) is 0 Å². The lowest BCUT2D eigenvalue weighted by Gasteiger charge is -2.41. The number of H-pyrrole nitrogens is 1. The van der Waals surface area contributed by atoms with Crippen LogP contribution in [0.1, 0.15) is 37.9 Å². The van der Waals surface area contributed by atoms with Crippen molar-refractivity contribution in [2.45, 2.75) is 51.2 Å². The largest absolute Gasteiger partial charge is 0.490 e. The summed E-state index contributed by atoms with van der Waals surface area (Å²) in [6, 6.07) is 8.68. The van der Waals surface area contributed by atoms with Crippen molar-refractivity contribution in [1.29, 1.82) is 0 Å². The van der Waals surface area contributed by atoms with E-state index in [4.69, 9.17) is 9.26 Å². The van der Waals surface area contributed by atoms with Crippen molar-refractivity contribution >= 4 is 10.9 Å². The number of aryl methyl sites for hydroxylation is 1. The Balaban J connectivity index is 1.30. The summed E-state index contributed by atoms with van der Waals surface area (Å²) in [5.41, 5.74) is 1.48. The Labute approximate surface area is 162 Å². The fraction of sp³-hybridized carbons (Fsp3) is 0.476. The van der Waals surface area contributed by atoms with E-state index < -0.39 is 0 Å². The number of aromatic amines is 1. The van der Waals surface area contributed by atoms with E-state index in [1.54, 1.807) is 6.92 Å². The third-order valence-corrected chi connectivity index (χ3v) is 6.08. The van der Waals surface area contributed by atoms with Crippen LogP contribution in [0.4, 0.5) is 0 Å². The Hall–Kier alpha value is -2.67. The molecule has 2 fully saturated rings. The van der Waals surface area contributed by atoms with Gasteiger partial charge in [-0.2, -0.15) is 5.10 Å². The van der Waals surface area contributed by atoms with Gasteiger partial charge >= 0.3 is 0 Å². The van der Waals surface area contributed by atoms with Gasteiger partial charge in [0.1, 0.15) is 23.3 Å². The SMILES string of the molecule is Cc1onc2c(=O)[nH]nc(-c3ccc(OC4CCN(C5CCC5)CC4)cc3)c12. The van der Waals surface area contributed by atoms with Crippen molar-refractivity contribution in [3.8, 4) is 17.0 Å². The summed E-state index contributed by atoms with van der Waals surface area (Å²) >= 11 is 0. The number of benzene rings is 1. The van der Waals surface area contributed by atoms with Gasteiger partial charge in [0, 0.05) is 24.7 Å². The summed E-state index contributed by atoms with van der Waals surface area (Å²) in [5, 5.41) is 11.2. The van der Waals surface area contributed by atoms with Crippen LogP contribution in [0.15, 0.2) is 33.6 Å². The van der Waals surface area contributed by atoms with Crippen molar-refractivity contribution in [3.05, 3.63) is 40.4 Å². The van der Waals surface area contributed by atoms with E-state index in [1.165, 1.54) is 19.3 Å². The summed E-state index contributed by atoms with van der Waals surface area (Å²) in [6.07, 6.45) is 6.56. The van der Waals surface area contributed by atoms with E-state index in [2.05, 4.69) is 20.3 Å². The molecule has 1 aliphatic carbocycles. The van der Waals surface area contributed by atoms with E-state index in [0.29, 0.717) is 16.8 Å². The molecule has 28 heavy (non-hydrogen) atoms. The molecule has 7 heteroatoms. The lowest BCUT2D eigenvalue weighted by atomic mass is 9.90. The van der Waals surface area contributed by atoms with E-state index in [9.17, 15) is 4.79 Å². The van der Waals surface area contributed by atoms with Crippen molar-refractivity contribution in [3.63, 3.8) is 0 Å². The predicted molar refractivity (Wildman–Crippen MR) is 105 cm³/mol. The molecule has 1 saturated heterocycles. The highest BCUT2D eigenvalue weighted by atomic mass is 16.5. The second kappa shape index (κ2) is 7.05. The first kappa shape index (κ1) is 17.4. The zero-order valence-electron chi connectivity index (χ0n) is 16.0. The maximum atomic E-state index is 11.9. The number of rotatable bonds is 4. The maximum Gasteiger partial charge on any atom is 0.294 e. The number of hydrogen-bond acceptors (Lipinski definition) is 6. The summed E-state index contributed by atoms with van der Waals surface area (Å²) < 4.78 is 11.4. The first-order chi connectivity index (χ1) is 13.7. The number of fused-ring (bicyclic) bond motifs is 1. The highest BCUT2D eigenvalue weighted by Gasteiger charge is 2.29. The van der Waals surface area contributed by atoms with Crippen molar-refractivity contribution < 1.29 is 9.26 Å². The van der Waals surface area contributed by atoms with Gasteiger partial charge in [0.25, 0.3) is 5.56 Å². The van der Waals surface area contributed by atoms with Crippen molar-refractivity contribution in [1.82, 2.24) is 20.3 Å². The molecule has 3 heterocycles. The molecule has 0 atom stereocenters. The van der Waals surface area contributed by atoms with Crippen molar-refractivity contribution in [2.75, 3.05) is 13.1 Å². The summed E-state index contributed by atoms with van der Waals surface area (Å²) in [5.74, 6) is 1.45. The Morgan fingerprint density at radius 1 is 1.14 bits per heavy atom. The van der Waals surface area contributed by atoms with E-state index in [1.807, 2.05) is 24.3 Å². The van der Waals surface area contributed by atoms with Crippen LogP contribution in [-0.2, 0) is 0 Å². The second-order valence-corrected chi connectivity index (χ2v) is 7.83. The fourth-order valence-corrected chi connectivity index (χ4v) is 4.22. The van der Waals surface area contributed by atoms with Gasteiger partial charge in [0.2, 0.25) is 0 Å². The molecule has 5 rings (SSSR count). The zero-order valence-corrected chi connectivity index (χ0v) is 16.0. The summed E-state index contributed by atoms with van der Waals surface area (Å²) in [7, 11) is 0. The molecule has 0 bridgehead atoms. The average Bonchev–Trinajstić information content (AvgIpc) is 3.06. The molecule has 1 saturated carbocycles. The van der Waals surface area contributed by atoms with Crippen LogP contribution in [0.5, 0.6) is 5.75 Å². The van der Waals surface area contributed by atoms with Gasteiger partial charge in [-0.05, 0) is 56.9 Å². The van der Waals surface area contributed by atoms with E-state index >= 15 is 0 Å². The topological polar surface area (TPSA) is 84.2 Å². The van der Waals surface area contributed by atoms with Crippen LogP contribution < -0.4 is 10.3 Å². The quantitative estimate of drug-likeness (QED) is 0.748. The molecule has 0 spiro atoms. The van der Waals surface area contributed by atoms with Crippen LogP contribution in [0.25, 0.3) is 22.2 Å². The second-order valence-electron chi connectivity index (χ2n) is 7.83. The molecule has 3 aromatic rings. The third kappa shape index (κ3) is 3.09. The zero-order chi connectivity index (χ0) is 19.1. The first-order valence-electron chi connectivity index (χ1n) is 10.0. The van der Waals surface area contributed by atoms with Gasteiger partial charge < -0.3 is 14.2 Å². The Kier molecular flexibility index (Phi) is 4.39. The van der Waals surface area contributed by atoms with Crippen LogP contribution >= 0.6 is 0 Å². The van der Waals surface area contributed by atoms with E-state index in [-0.39, 0.29) is 17.2 Å². The number of piperidine rings is 1. The molecule has 2 aromatic heterocycles. The molecule has 1 aromatic carbocycles. The lowest BCUT2D eigenvalue weighted by molar-refractivity contribution is 0.0493. The molecule has 0 amide bonds. The van der Waals surface area contributed by atoms with Gasteiger partial charge in [-0.3, -0.25) is 4.79 Å². The number of ether oxygens (including phenoxy) is 1. The highest BCUT2D eigenvalue weighted by molar-refractivity contribution is 5.92. The summed E-state index contributed by atoms with van der Waals surface area (Å²) in [6.45, 7) is 4.06. The van der Waals surface area contributed by atoms with Gasteiger partial charge in [-0.25, -0.2) is 5.10 Å². The predicted octanol–water partition coefficient (Wildman–Crippen LogP) is 3.28. The van der Waals surface area contributed by atoms with Gasteiger partial charge in [0.15, 0.2) is 5.52 Å². The standard InChI is InChI=1S/C21H24N4O3/c1-13-18-19(22-23-21(26)20(18)24-28-13)14-5-7-16(8-6-14)27-17-9-11-25(12-10-17)15-3-2-4-15/h5-8,15,17H,2-4,9-12H2,1H3,(H,23,26). The molecule has 1 aliphatic heterocycles. The Morgan fingerprint density at radius 3 is 2.57 bits per heavy atom. The van der Waals surface area contributed by atoms with E-state index in [0.717, 1.165) is 43.3 Å². The molecule has 2 aliphatic rings. The average molecular weight is 380 g/mol. The minimum absolute atomic E-state index is 0.278. The Morgan fingerprint density at radius 2 is 1.89 bits per heavy atom. The molecular weight excluding hydrogens is 356 g/mol. The highest BCUT2D eigenvalue weighted by Crippen LogP contribution is 2.30. The van der Waals surface area contributed by atoms with Crippen LogP contribution in [-0.4, -0.2) is 45.5 Å². The summed E-state index contributed by atoms with van der Waals surface area (Å²) in [4.78, 5) is 14.5. The number of aromatic nitrogens is 3. The van der Waals surface area contributed by atoms with Gasteiger partial charge in [-0.1, -0.05) is 11.6 Å². The molecule has 0 unspecified atom stereocenters. The Bertz CT molecular complexity index is 1030. The molecule has 1 N–H and O–H groups in total. The van der Waals surface area contributed by atoms with Crippen molar-refractivity contribution in [2.24, 2.45) is 0 Å². The molecular formula is C21H24N4O3. The number of likely N-dealkylation sites (tertiary alicyclic amines) is 1. The van der Waals surface area contributed by atoms with Gasteiger partial charge in [-0.15, -0.1) is 0 Å². The molecule has 7 nitrogen and oxygen atoms in total. The number of nitrogens with one attached hydrogen (secondary N) is 1. The van der Waals surface area contributed by atoms with Crippen LogP contribution in [0.2, 0.25) is 0 Å². The fourth-order valence-electron chi connectivity index (χ4n) is 4.22.